The molecule has 0 spiro atoms. The lowest BCUT2D eigenvalue weighted by Crippen LogP contribution is -2.29. The number of thiazole rings is 1. The largest absolute Gasteiger partial charge is 0.326 e. The predicted octanol–water partition coefficient (Wildman–Crippen LogP) is 3.87. The van der Waals surface area contributed by atoms with E-state index < -0.39 is 15.9 Å². The minimum atomic E-state index is -3.68. The first-order valence-corrected chi connectivity index (χ1v) is 12.8. The van der Waals surface area contributed by atoms with Gasteiger partial charge in [0.2, 0.25) is 15.9 Å². The second-order valence-electron chi connectivity index (χ2n) is 6.98. The van der Waals surface area contributed by atoms with Gasteiger partial charge in [-0.3, -0.25) is 14.9 Å². The van der Waals surface area contributed by atoms with Crippen LogP contribution >= 0.6 is 22.7 Å². The SMILES string of the molecule is CC(=O)Nc1ccc(-c2csc(NC(=O)c3sccc3S(=O)(=O)N3CCCC3)n2)cc1. The molecule has 8 nitrogen and oxygen atoms in total. The lowest BCUT2D eigenvalue weighted by atomic mass is 10.1. The normalized spacial score (nSPS) is 14.5. The molecule has 2 N–H and O–H groups in total. The van der Waals surface area contributed by atoms with Gasteiger partial charge in [0.15, 0.2) is 5.13 Å². The molecule has 1 aliphatic rings. The summed E-state index contributed by atoms with van der Waals surface area (Å²) in [4.78, 5) is 28.6. The van der Waals surface area contributed by atoms with Crippen LogP contribution in [0.4, 0.5) is 10.8 Å². The summed E-state index contributed by atoms with van der Waals surface area (Å²) in [6.07, 6.45) is 1.66. The Morgan fingerprint density at radius 2 is 1.74 bits per heavy atom. The van der Waals surface area contributed by atoms with E-state index in [0.29, 0.717) is 29.6 Å². The highest BCUT2D eigenvalue weighted by Crippen LogP contribution is 2.30. The molecular weight excluding hydrogens is 456 g/mol. The minimum Gasteiger partial charge on any atom is -0.326 e. The van der Waals surface area contributed by atoms with Gasteiger partial charge in [-0.2, -0.15) is 4.31 Å². The van der Waals surface area contributed by atoms with Crippen molar-refractivity contribution in [2.24, 2.45) is 0 Å². The maximum atomic E-state index is 12.9. The van der Waals surface area contributed by atoms with Crippen LogP contribution in [0.15, 0.2) is 46.0 Å². The topological polar surface area (TPSA) is 108 Å². The number of sulfonamides is 1. The first kappa shape index (κ1) is 21.6. The van der Waals surface area contributed by atoms with E-state index in [1.165, 1.54) is 28.6 Å². The fourth-order valence-electron chi connectivity index (χ4n) is 3.28. The van der Waals surface area contributed by atoms with Gasteiger partial charge in [-0.05, 0) is 36.4 Å². The Kier molecular flexibility index (Phi) is 6.19. The molecule has 11 heteroatoms. The number of aromatic nitrogens is 1. The van der Waals surface area contributed by atoms with Gasteiger partial charge < -0.3 is 5.32 Å². The van der Waals surface area contributed by atoms with Gasteiger partial charge in [-0.1, -0.05) is 12.1 Å². The van der Waals surface area contributed by atoms with E-state index in [1.807, 2.05) is 12.1 Å². The van der Waals surface area contributed by atoms with Gasteiger partial charge in [-0.15, -0.1) is 22.7 Å². The Hall–Kier alpha value is -2.60. The number of hydrogen-bond donors (Lipinski definition) is 2. The Bertz CT molecular complexity index is 1210. The highest BCUT2D eigenvalue weighted by Gasteiger charge is 2.32. The average Bonchev–Trinajstić information content (AvgIpc) is 3.49. The van der Waals surface area contributed by atoms with E-state index in [0.717, 1.165) is 29.7 Å². The van der Waals surface area contributed by atoms with E-state index in [1.54, 1.807) is 22.9 Å². The van der Waals surface area contributed by atoms with Gasteiger partial charge in [0.05, 0.1) is 5.69 Å². The molecule has 0 radical (unpaired) electrons. The summed E-state index contributed by atoms with van der Waals surface area (Å²) in [5.41, 5.74) is 2.19. The maximum Gasteiger partial charge on any atom is 0.268 e. The summed E-state index contributed by atoms with van der Waals surface area (Å²) in [6.45, 7) is 2.41. The summed E-state index contributed by atoms with van der Waals surface area (Å²) in [5.74, 6) is -0.638. The van der Waals surface area contributed by atoms with Crippen molar-refractivity contribution in [3.8, 4) is 11.3 Å². The molecule has 162 valence electrons. The number of thiophene rings is 1. The first-order valence-electron chi connectivity index (χ1n) is 9.57. The molecule has 0 unspecified atom stereocenters. The van der Waals surface area contributed by atoms with E-state index in [4.69, 9.17) is 0 Å². The molecule has 2 amide bonds. The number of carbonyl (C=O) groups excluding carboxylic acids is 2. The van der Waals surface area contributed by atoms with Gasteiger partial charge in [0, 0.05) is 36.6 Å². The van der Waals surface area contributed by atoms with Gasteiger partial charge in [0.25, 0.3) is 5.91 Å². The van der Waals surface area contributed by atoms with E-state index in [2.05, 4.69) is 15.6 Å². The molecule has 0 saturated carbocycles. The van der Waals surface area contributed by atoms with Crippen LogP contribution in [0, 0.1) is 0 Å². The van der Waals surface area contributed by atoms with Crippen LogP contribution < -0.4 is 10.6 Å². The second-order valence-corrected chi connectivity index (χ2v) is 10.7. The smallest absolute Gasteiger partial charge is 0.268 e. The van der Waals surface area contributed by atoms with Crippen molar-refractivity contribution in [3.05, 3.63) is 46.0 Å². The van der Waals surface area contributed by atoms with Crippen molar-refractivity contribution in [2.45, 2.75) is 24.7 Å². The van der Waals surface area contributed by atoms with Crippen LogP contribution in [0.2, 0.25) is 0 Å². The summed E-state index contributed by atoms with van der Waals surface area (Å²) in [7, 11) is -3.68. The second kappa shape index (κ2) is 8.87. The Labute approximate surface area is 188 Å². The third-order valence-corrected chi connectivity index (χ3v) is 8.48. The van der Waals surface area contributed by atoms with E-state index >= 15 is 0 Å². The number of anilines is 2. The summed E-state index contributed by atoms with van der Waals surface area (Å²) in [5, 5.41) is 9.21. The van der Waals surface area contributed by atoms with E-state index in [-0.39, 0.29) is 15.7 Å². The standard InChI is InChI=1S/C20H20N4O4S3/c1-13(25)21-15-6-4-14(5-7-15)16-12-30-20(22-16)23-19(26)18-17(8-11-29-18)31(27,28)24-9-2-3-10-24/h4-8,11-12H,2-3,9-10H2,1H3,(H,21,25)(H,22,23,26). The minimum absolute atomic E-state index is 0.0437. The van der Waals surface area contributed by atoms with Crippen molar-refractivity contribution >= 4 is 55.3 Å². The highest BCUT2D eigenvalue weighted by molar-refractivity contribution is 7.89. The number of amides is 2. The fourth-order valence-corrected chi connectivity index (χ4v) is 6.81. The van der Waals surface area contributed by atoms with Crippen LogP contribution in [0.5, 0.6) is 0 Å². The molecule has 1 saturated heterocycles. The van der Waals surface area contributed by atoms with E-state index in [9.17, 15) is 18.0 Å². The summed E-state index contributed by atoms with van der Waals surface area (Å²) < 4.78 is 27.2. The zero-order valence-electron chi connectivity index (χ0n) is 16.6. The van der Waals surface area contributed by atoms with Crippen molar-refractivity contribution in [3.63, 3.8) is 0 Å². The number of nitrogens with one attached hydrogen (secondary N) is 2. The van der Waals surface area contributed by atoms with Crippen LogP contribution in [0.3, 0.4) is 0 Å². The molecule has 31 heavy (non-hydrogen) atoms. The number of hydrogen-bond acceptors (Lipinski definition) is 7. The van der Waals surface area contributed by atoms with Crippen LogP contribution in [0.1, 0.15) is 29.4 Å². The summed E-state index contributed by atoms with van der Waals surface area (Å²) >= 11 is 2.35. The molecular formula is C20H20N4O4S3. The van der Waals surface area contributed by atoms with Crippen LogP contribution in [-0.2, 0) is 14.8 Å². The molecule has 3 heterocycles. The highest BCUT2D eigenvalue weighted by atomic mass is 32.2. The van der Waals surface area contributed by atoms with Gasteiger partial charge >= 0.3 is 0 Å². The van der Waals surface area contributed by atoms with Gasteiger partial charge in [-0.25, -0.2) is 13.4 Å². The number of rotatable bonds is 6. The molecule has 4 rings (SSSR count). The fraction of sp³-hybridized carbons (Fsp3) is 0.250. The van der Waals surface area contributed by atoms with Crippen molar-refractivity contribution in [1.29, 1.82) is 0 Å². The molecule has 3 aromatic rings. The average molecular weight is 477 g/mol. The Balaban J connectivity index is 1.49. The Morgan fingerprint density at radius 1 is 1.03 bits per heavy atom. The third-order valence-electron chi connectivity index (χ3n) is 4.74. The number of benzene rings is 1. The Morgan fingerprint density at radius 3 is 2.42 bits per heavy atom. The molecule has 1 aliphatic heterocycles. The molecule has 1 aromatic carbocycles. The van der Waals surface area contributed by atoms with Crippen molar-refractivity contribution in [2.75, 3.05) is 23.7 Å². The van der Waals surface area contributed by atoms with Crippen molar-refractivity contribution < 1.29 is 18.0 Å². The maximum absolute atomic E-state index is 12.9. The third kappa shape index (κ3) is 4.69. The van der Waals surface area contributed by atoms with Crippen LogP contribution in [-0.4, -0.2) is 42.6 Å². The number of carbonyl (C=O) groups is 2. The van der Waals surface area contributed by atoms with Crippen molar-refractivity contribution in [1.82, 2.24) is 9.29 Å². The zero-order chi connectivity index (χ0) is 22.0. The zero-order valence-corrected chi connectivity index (χ0v) is 19.1. The van der Waals surface area contributed by atoms with Gasteiger partial charge in [0.1, 0.15) is 9.77 Å². The lowest BCUT2D eigenvalue weighted by molar-refractivity contribution is -0.114. The first-order chi connectivity index (χ1) is 14.8. The predicted molar refractivity (Wildman–Crippen MR) is 122 cm³/mol. The molecule has 2 aromatic heterocycles. The molecule has 0 bridgehead atoms. The lowest BCUT2D eigenvalue weighted by Gasteiger charge is -2.15. The molecule has 0 aliphatic carbocycles. The molecule has 0 atom stereocenters. The quantitative estimate of drug-likeness (QED) is 0.561. The van der Waals surface area contributed by atoms with Crippen LogP contribution in [0.25, 0.3) is 11.3 Å². The molecule has 1 fully saturated rings. The summed E-state index contributed by atoms with van der Waals surface area (Å²) in [6, 6.07) is 8.68. The monoisotopic (exact) mass is 476 g/mol. The number of nitrogens with zero attached hydrogens (tertiary/aromatic N) is 2.